The van der Waals surface area contributed by atoms with Gasteiger partial charge in [0.25, 0.3) is 0 Å². The van der Waals surface area contributed by atoms with Crippen LogP contribution in [0.5, 0.6) is 0 Å². The van der Waals surface area contributed by atoms with Crippen LogP contribution in [0.25, 0.3) is 0 Å². The highest BCUT2D eigenvalue weighted by Crippen LogP contribution is 2.34. The smallest absolute Gasteiger partial charge is 0.307 e. The average molecular weight is 380 g/mol. The number of cyclic esters (lactones) is 1. The molecule has 1 aromatic rings. The molecular weight excluding hydrogens is 356 g/mol. The highest BCUT2D eigenvalue weighted by Gasteiger charge is 2.48. The summed E-state index contributed by atoms with van der Waals surface area (Å²) in [6.07, 6.45) is 0.0771. The Kier molecular flexibility index (Phi) is 4.83. The van der Waals surface area contributed by atoms with Crippen molar-refractivity contribution in [3.8, 4) is 0 Å². The quantitative estimate of drug-likeness (QED) is 0.735. The van der Waals surface area contributed by atoms with Crippen LogP contribution in [0.15, 0.2) is 29.2 Å². The van der Waals surface area contributed by atoms with E-state index < -0.39 is 21.5 Å². The van der Waals surface area contributed by atoms with Gasteiger partial charge in [-0.15, -0.1) is 0 Å². The number of benzene rings is 1. The Hall–Kier alpha value is -1.93. The lowest BCUT2D eigenvalue weighted by atomic mass is 9.89. The van der Waals surface area contributed by atoms with Crippen LogP contribution < -0.4 is 0 Å². The van der Waals surface area contributed by atoms with Crippen molar-refractivity contribution in [2.75, 3.05) is 26.2 Å². The van der Waals surface area contributed by atoms with Gasteiger partial charge >= 0.3 is 5.97 Å². The van der Waals surface area contributed by atoms with Crippen LogP contribution >= 0.6 is 0 Å². The zero-order chi connectivity index (χ0) is 19.1. The lowest BCUT2D eigenvalue weighted by Crippen LogP contribution is -2.53. The van der Waals surface area contributed by atoms with Crippen molar-refractivity contribution in [3.05, 3.63) is 29.8 Å². The summed E-state index contributed by atoms with van der Waals surface area (Å²) in [5, 5.41) is 0. The van der Waals surface area contributed by atoms with Crippen LogP contribution in [0, 0.1) is 12.8 Å². The summed E-state index contributed by atoms with van der Waals surface area (Å²) in [5.74, 6) is -1.03. The number of nitrogens with zero attached hydrogens (tertiary/aromatic N) is 2. The average Bonchev–Trinajstić information content (AvgIpc) is 2.87. The van der Waals surface area contributed by atoms with E-state index in [2.05, 4.69) is 0 Å². The summed E-state index contributed by atoms with van der Waals surface area (Å²) < 4.78 is 32.1. The second-order valence-electron chi connectivity index (χ2n) is 7.38. The fourth-order valence-electron chi connectivity index (χ4n) is 3.43. The first-order valence-electron chi connectivity index (χ1n) is 8.69. The summed E-state index contributed by atoms with van der Waals surface area (Å²) in [5.41, 5.74) is 0.175. The van der Waals surface area contributed by atoms with Crippen LogP contribution in [0.4, 0.5) is 0 Å². The van der Waals surface area contributed by atoms with E-state index in [9.17, 15) is 18.0 Å². The van der Waals surface area contributed by atoms with Crippen LogP contribution in [0.1, 0.15) is 25.8 Å². The third-order valence-corrected chi connectivity index (χ3v) is 7.01. The number of rotatable bonds is 3. The maximum absolute atomic E-state index is 12.8. The van der Waals surface area contributed by atoms with Gasteiger partial charge in [0.1, 0.15) is 5.60 Å². The molecule has 2 fully saturated rings. The summed E-state index contributed by atoms with van der Waals surface area (Å²) in [6, 6.07) is 6.75. The fraction of sp³-hybridized carbons (Fsp3) is 0.556. The monoisotopic (exact) mass is 380 g/mol. The van der Waals surface area contributed by atoms with Crippen molar-refractivity contribution in [2.45, 2.75) is 37.7 Å². The first-order valence-corrected chi connectivity index (χ1v) is 10.1. The molecule has 2 heterocycles. The maximum Gasteiger partial charge on any atom is 0.307 e. The van der Waals surface area contributed by atoms with E-state index in [4.69, 9.17) is 4.74 Å². The Balaban J connectivity index is 1.66. The predicted molar refractivity (Wildman–Crippen MR) is 94.8 cm³/mol. The maximum atomic E-state index is 12.8. The van der Waals surface area contributed by atoms with Crippen molar-refractivity contribution in [2.24, 2.45) is 5.92 Å². The van der Waals surface area contributed by atoms with Crippen molar-refractivity contribution in [1.82, 2.24) is 9.21 Å². The van der Waals surface area contributed by atoms with Gasteiger partial charge in [-0.1, -0.05) is 17.7 Å². The molecule has 0 saturated carbocycles. The van der Waals surface area contributed by atoms with E-state index in [1.807, 2.05) is 6.92 Å². The van der Waals surface area contributed by atoms with E-state index in [0.717, 1.165) is 5.56 Å². The number of aryl methyl sites for hydroxylation is 1. The van der Waals surface area contributed by atoms with Gasteiger partial charge in [0.05, 0.1) is 17.2 Å². The Labute approximate surface area is 154 Å². The molecular formula is C18H24N2O5S. The predicted octanol–water partition coefficient (Wildman–Crippen LogP) is 1.17. The summed E-state index contributed by atoms with van der Waals surface area (Å²) in [6.45, 7) is 6.47. The summed E-state index contributed by atoms with van der Waals surface area (Å²) >= 11 is 0. The highest BCUT2D eigenvalue weighted by atomic mass is 32.2. The number of sulfonamides is 1. The molecule has 2 aliphatic rings. The molecule has 2 aliphatic heterocycles. The van der Waals surface area contributed by atoms with E-state index in [-0.39, 0.29) is 36.3 Å². The van der Waals surface area contributed by atoms with E-state index >= 15 is 0 Å². The number of carbonyl (C=O) groups is 2. The normalized spacial score (nSPS) is 23.7. The van der Waals surface area contributed by atoms with Gasteiger partial charge in [-0.05, 0) is 32.9 Å². The molecule has 0 radical (unpaired) electrons. The number of hydrogen-bond donors (Lipinski definition) is 0. The molecule has 8 heteroatoms. The molecule has 0 spiro atoms. The van der Waals surface area contributed by atoms with Crippen molar-refractivity contribution < 1.29 is 22.7 Å². The van der Waals surface area contributed by atoms with Gasteiger partial charge in [0, 0.05) is 26.2 Å². The minimum absolute atomic E-state index is 0.0771. The molecule has 0 bridgehead atoms. The molecule has 1 atom stereocenters. The fourth-order valence-corrected chi connectivity index (χ4v) is 4.85. The van der Waals surface area contributed by atoms with E-state index in [0.29, 0.717) is 13.1 Å². The topological polar surface area (TPSA) is 84.0 Å². The number of carbonyl (C=O) groups excluding carboxylic acids is 2. The van der Waals surface area contributed by atoms with Gasteiger partial charge in [0.2, 0.25) is 15.9 Å². The third kappa shape index (κ3) is 3.48. The van der Waals surface area contributed by atoms with E-state index in [1.165, 1.54) is 4.31 Å². The summed E-state index contributed by atoms with van der Waals surface area (Å²) in [7, 11) is -3.56. The SMILES string of the molecule is Cc1ccc(S(=O)(=O)N2CCN(C(=O)[C@@H]3CC(=O)OC3(C)C)CC2)cc1. The first kappa shape index (κ1) is 18.8. The Morgan fingerprint density at radius 1 is 1.12 bits per heavy atom. The summed E-state index contributed by atoms with van der Waals surface area (Å²) in [4.78, 5) is 26.2. The lowest BCUT2D eigenvalue weighted by molar-refractivity contribution is -0.149. The van der Waals surface area contributed by atoms with E-state index in [1.54, 1.807) is 43.0 Å². The molecule has 0 aliphatic carbocycles. The molecule has 1 amide bonds. The first-order chi connectivity index (χ1) is 12.1. The Bertz CT molecular complexity index is 808. The van der Waals surface area contributed by atoms with Crippen LogP contribution in [0.2, 0.25) is 0 Å². The lowest BCUT2D eigenvalue weighted by Gasteiger charge is -2.36. The second-order valence-corrected chi connectivity index (χ2v) is 9.31. The van der Waals surface area contributed by atoms with Gasteiger partial charge in [-0.3, -0.25) is 9.59 Å². The molecule has 3 rings (SSSR count). The molecule has 26 heavy (non-hydrogen) atoms. The minimum atomic E-state index is -3.56. The molecule has 2 saturated heterocycles. The molecule has 0 N–H and O–H groups in total. The van der Waals surface area contributed by atoms with Crippen molar-refractivity contribution >= 4 is 21.9 Å². The van der Waals surface area contributed by atoms with Crippen LogP contribution in [-0.4, -0.2) is 61.3 Å². The van der Waals surface area contributed by atoms with Crippen molar-refractivity contribution in [3.63, 3.8) is 0 Å². The van der Waals surface area contributed by atoms with Gasteiger partial charge in [-0.25, -0.2) is 8.42 Å². The van der Waals surface area contributed by atoms with Gasteiger partial charge in [-0.2, -0.15) is 4.31 Å². The second kappa shape index (κ2) is 6.66. The number of esters is 1. The number of piperazine rings is 1. The largest absolute Gasteiger partial charge is 0.459 e. The van der Waals surface area contributed by atoms with Crippen molar-refractivity contribution in [1.29, 1.82) is 0 Å². The zero-order valence-electron chi connectivity index (χ0n) is 15.3. The minimum Gasteiger partial charge on any atom is -0.459 e. The molecule has 142 valence electrons. The highest BCUT2D eigenvalue weighted by molar-refractivity contribution is 7.89. The molecule has 0 aromatic heterocycles. The Morgan fingerprint density at radius 2 is 1.69 bits per heavy atom. The van der Waals surface area contributed by atoms with Gasteiger partial charge < -0.3 is 9.64 Å². The molecule has 7 nitrogen and oxygen atoms in total. The number of amides is 1. The number of ether oxygens (including phenoxy) is 1. The van der Waals surface area contributed by atoms with Gasteiger partial charge in [0.15, 0.2) is 0 Å². The standard InChI is InChI=1S/C18H24N2O5S/c1-13-4-6-14(7-5-13)26(23,24)20-10-8-19(9-11-20)17(22)15-12-16(21)25-18(15,2)3/h4-7,15H,8-12H2,1-3H3/t15-/m0/s1. The zero-order valence-corrected chi connectivity index (χ0v) is 16.1. The molecule has 0 unspecified atom stereocenters. The van der Waals surface area contributed by atoms with Crippen LogP contribution in [-0.2, 0) is 24.3 Å². The number of hydrogen-bond acceptors (Lipinski definition) is 5. The molecule has 1 aromatic carbocycles. The van der Waals surface area contributed by atoms with Crippen LogP contribution in [0.3, 0.4) is 0 Å². The third-order valence-electron chi connectivity index (χ3n) is 5.09. The Morgan fingerprint density at radius 3 is 2.19 bits per heavy atom.